The molecule has 3 heterocycles. The molecule has 5 nitrogen and oxygen atoms in total. The van der Waals surface area contributed by atoms with Gasteiger partial charge in [0, 0.05) is 17.5 Å². The number of rotatable bonds is 6. The topological polar surface area (TPSA) is 43.3 Å². The summed E-state index contributed by atoms with van der Waals surface area (Å²) < 4.78 is 18.0. The molecule has 2 aromatic carbocycles. The Morgan fingerprint density at radius 3 is 2.67 bits per heavy atom. The third-order valence-corrected chi connectivity index (χ3v) is 6.28. The summed E-state index contributed by atoms with van der Waals surface area (Å²) in [5.41, 5.74) is 3.29. The average Bonchev–Trinajstić information content (AvgIpc) is 3.45. The van der Waals surface area contributed by atoms with Gasteiger partial charge in [-0.15, -0.1) is 11.3 Å². The lowest BCUT2D eigenvalue weighted by atomic mass is 9.97. The summed E-state index contributed by atoms with van der Waals surface area (Å²) in [5, 5.41) is 9.20. The molecular weight excluding hydrogens is 396 g/mol. The monoisotopic (exact) mass is 420 g/mol. The molecule has 3 aromatic rings. The Bertz CT molecular complexity index is 1060. The fourth-order valence-electron chi connectivity index (χ4n) is 4.07. The third-order valence-electron chi connectivity index (χ3n) is 5.36. The van der Waals surface area contributed by atoms with Crippen molar-refractivity contribution in [2.24, 2.45) is 5.10 Å². The molecule has 0 N–H and O–H groups in total. The van der Waals surface area contributed by atoms with E-state index in [0.717, 1.165) is 34.9 Å². The number of benzene rings is 2. The second-order valence-corrected chi connectivity index (χ2v) is 8.15. The van der Waals surface area contributed by atoms with Crippen LogP contribution in [-0.2, 0) is 0 Å². The zero-order chi connectivity index (χ0) is 20.5. The number of ether oxygens (including phenoxy) is 3. The molecule has 0 bridgehead atoms. The van der Waals surface area contributed by atoms with E-state index >= 15 is 0 Å². The first-order valence-corrected chi connectivity index (χ1v) is 11.2. The highest BCUT2D eigenvalue weighted by molar-refractivity contribution is 7.12. The largest absolute Gasteiger partial charge is 0.490 e. The highest BCUT2D eigenvalue weighted by Crippen LogP contribution is 2.48. The van der Waals surface area contributed by atoms with Gasteiger partial charge in [-0.1, -0.05) is 24.3 Å². The van der Waals surface area contributed by atoms with Crippen LogP contribution in [0, 0.1) is 0 Å². The zero-order valence-corrected chi connectivity index (χ0v) is 17.9. The molecule has 0 aliphatic carbocycles. The standard InChI is InChI=1S/C24H24N2O3S/c1-3-27-21-12-11-16(14-22(21)28-4-2)24-26-19(17-8-5-6-9-20(17)29-24)15-18(25-26)23-10-7-13-30-23/h5-14,19,24H,3-4,15H2,1-2H3/t19-,24-/m0/s1. The molecule has 6 heteroatoms. The number of hydrazone groups is 1. The van der Waals surface area contributed by atoms with E-state index in [1.807, 2.05) is 44.2 Å². The van der Waals surface area contributed by atoms with Crippen LogP contribution in [0.5, 0.6) is 17.2 Å². The summed E-state index contributed by atoms with van der Waals surface area (Å²) in [6, 6.07) is 18.6. The number of para-hydroxylation sites is 1. The Morgan fingerprint density at radius 1 is 1.03 bits per heavy atom. The highest BCUT2D eigenvalue weighted by Gasteiger charge is 2.41. The van der Waals surface area contributed by atoms with Crippen LogP contribution < -0.4 is 14.2 Å². The molecule has 2 atom stereocenters. The Morgan fingerprint density at radius 2 is 1.87 bits per heavy atom. The molecule has 2 aliphatic rings. The Balaban J connectivity index is 1.56. The fraction of sp³-hybridized carbons (Fsp3) is 0.292. The van der Waals surface area contributed by atoms with E-state index in [-0.39, 0.29) is 12.3 Å². The summed E-state index contributed by atoms with van der Waals surface area (Å²) in [4.78, 5) is 1.21. The summed E-state index contributed by atoms with van der Waals surface area (Å²) in [5.74, 6) is 2.40. The lowest BCUT2D eigenvalue weighted by molar-refractivity contribution is -0.0191. The number of fused-ring (bicyclic) bond motifs is 3. The highest BCUT2D eigenvalue weighted by atomic mass is 32.1. The number of nitrogens with zero attached hydrogens (tertiary/aromatic N) is 2. The predicted octanol–water partition coefficient (Wildman–Crippen LogP) is 5.79. The van der Waals surface area contributed by atoms with E-state index in [1.54, 1.807) is 11.3 Å². The summed E-state index contributed by atoms with van der Waals surface area (Å²) in [7, 11) is 0. The van der Waals surface area contributed by atoms with Gasteiger partial charge in [0.05, 0.1) is 29.8 Å². The van der Waals surface area contributed by atoms with Gasteiger partial charge in [0.2, 0.25) is 6.23 Å². The van der Waals surface area contributed by atoms with Crippen molar-refractivity contribution in [3.8, 4) is 17.2 Å². The normalized spacial score (nSPS) is 19.5. The van der Waals surface area contributed by atoms with Crippen LogP contribution in [0.15, 0.2) is 65.1 Å². The number of hydrogen-bond acceptors (Lipinski definition) is 6. The smallest absolute Gasteiger partial charge is 0.214 e. The minimum atomic E-state index is -0.322. The van der Waals surface area contributed by atoms with Crippen molar-refractivity contribution in [1.29, 1.82) is 0 Å². The van der Waals surface area contributed by atoms with Crippen molar-refractivity contribution in [1.82, 2.24) is 5.01 Å². The molecule has 0 unspecified atom stereocenters. The van der Waals surface area contributed by atoms with Crippen molar-refractivity contribution in [2.45, 2.75) is 32.5 Å². The van der Waals surface area contributed by atoms with Gasteiger partial charge >= 0.3 is 0 Å². The van der Waals surface area contributed by atoms with E-state index in [1.165, 1.54) is 10.4 Å². The molecule has 5 rings (SSSR count). The molecule has 0 saturated carbocycles. The minimum Gasteiger partial charge on any atom is -0.490 e. The van der Waals surface area contributed by atoms with Gasteiger partial charge in [-0.25, -0.2) is 5.01 Å². The molecule has 30 heavy (non-hydrogen) atoms. The van der Waals surface area contributed by atoms with Gasteiger partial charge < -0.3 is 14.2 Å². The van der Waals surface area contributed by atoms with E-state index in [2.05, 4.69) is 34.7 Å². The zero-order valence-electron chi connectivity index (χ0n) is 17.1. The van der Waals surface area contributed by atoms with Crippen LogP contribution >= 0.6 is 11.3 Å². The summed E-state index contributed by atoms with van der Waals surface area (Å²) >= 11 is 1.73. The molecule has 2 aliphatic heterocycles. The number of thiophene rings is 1. The van der Waals surface area contributed by atoms with Crippen molar-refractivity contribution < 1.29 is 14.2 Å². The molecule has 154 valence electrons. The van der Waals surface area contributed by atoms with E-state index in [4.69, 9.17) is 19.3 Å². The van der Waals surface area contributed by atoms with Gasteiger partial charge in [-0.2, -0.15) is 5.10 Å². The van der Waals surface area contributed by atoms with E-state index in [0.29, 0.717) is 13.2 Å². The molecule has 0 amide bonds. The lowest BCUT2D eigenvalue weighted by Crippen LogP contribution is -2.33. The van der Waals surface area contributed by atoms with Crippen LogP contribution in [0.4, 0.5) is 0 Å². The summed E-state index contributed by atoms with van der Waals surface area (Å²) in [6.45, 7) is 5.12. The van der Waals surface area contributed by atoms with E-state index in [9.17, 15) is 0 Å². The molecule has 0 saturated heterocycles. The molecule has 0 fully saturated rings. The first-order chi connectivity index (χ1) is 14.8. The Kier molecular flexibility index (Phi) is 5.09. The third kappa shape index (κ3) is 3.31. The molecule has 0 radical (unpaired) electrons. The fourth-order valence-corrected chi connectivity index (χ4v) is 4.79. The van der Waals surface area contributed by atoms with Gasteiger partial charge in [0.15, 0.2) is 11.5 Å². The van der Waals surface area contributed by atoms with Gasteiger partial charge in [0.25, 0.3) is 0 Å². The average molecular weight is 421 g/mol. The van der Waals surface area contributed by atoms with Crippen molar-refractivity contribution >= 4 is 17.0 Å². The maximum absolute atomic E-state index is 6.46. The van der Waals surface area contributed by atoms with Crippen molar-refractivity contribution in [2.75, 3.05) is 13.2 Å². The summed E-state index contributed by atoms with van der Waals surface area (Å²) in [6.07, 6.45) is 0.546. The van der Waals surface area contributed by atoms with E-state index < -0.39 is 0 Å². The second-order valence-electron chi connectivity index (χ2n) is 7.20. The number of hydrogen-bond donors (Lipinski definition) is 0. The van der Waals surface area contributed by atoms with Crippen LogP contribution in [0.25, 0.3) is 0 Å². The van der Waals surface area contributed by atoms with Crippen LogP contribution in [0.3, 0.4) is 0 Å². The minimum absolute atomic E-state index is 0.152. The van der Waals surface area contributed by atoms with Gasteiger partial charge in [-0.05, 0) is 49.6 Å². The first-order valence-electron chi connectivity index (χ1n) is 10.3. The molecule has 1 aromatic heterocycles. The maximum atomic E-state index is 6.46. The van der Waals surface area contributed by atoms with Gasteiger partial charge in [-0.3, -0.25) is 0 Å². The Hall–Kier alpha value is -2.99. The lowest BCUT2D eigenvalue weighted by Gasteiger charge is -2.38. The van der Waals surface area contributed by atoms with Crippen LogP contribution in [0.2, 0.25) is 0 Å². The first kappa shape index (κ1) is 19.0. The second kappa shape index (κ2) is 8.03. The SMILES string of the molecule is CCOc1ccc([C@@H]2Oc3ccccc3[C@@H]3CC(c4cccs4)=NN32)cc1OCC. The van der Waals surface area contributed by atoms with Crippen molar-refractivity contribution in [3.63, 3.8) is 0 Å². The van der Waals surface area contributed by atoms with Crippen LogP contribution in [0.1, 0.15) is 48.5 Å². The van der Waals surface area contributed by atoms with Gasteiger partial charge in [0.1, 0.15) is 5.75 Å². The maximum Gasteiger partial charge on any atom is 0.214 e. The Labute approximate surface area is 180 Å². The van der Waals surface area contributed by atoms with Crippen molar-refractivity contribution in [3.05, 3.63) is 76.0 Å². The quantitative estimate of drug-likeness (QED) is 0.506. The van der Waals surface area contributed by atoms with Crippen LogP contribution in [-0.4, -0.2) is 23.9 Å². The molecular formula is C24H24N2O3S. The predicted molar refractivity (Wildman–Crippen MR) is 119 cm³/mol. The molecule has 0 spiro atoms.